The fraction of sp³-hybridized carbons (Fsp3) is 0.440. The molecule has 0 spiro atoms. The molecule has 1 aromatic rings. The van der Waals surface area contributed by atoms with Gasteiger partial charge >= 0.3 is 5.97 Å². The van der Waals surface area contributed by atoms with Crippen LogP contribution in [-0.2, 0) is 16.0 Å². The number of benzene rings is 1. The number of allylic oxidation sites excluding steroid dienone is 4. The third-order valence-electron chi connectivity index (χ3n) is 5.45. The van der Waals surface area contributed by atoms with E-state index in [0.717, 1.165) is 46.9 Å². The Bertz CT molecular complexity index is 894. The Kier molecular flexibility index (Phi) is 7.50. The molecule has 1 aliphatic carbocycles. The first-order valence-corrected chi connectivity index (χ1v) is 10.6. The van der Waals surface area contributed by atoms with Crippen molar-refractivity contribution < 1.29 is 19.4 Å². The Morgan fingerprint density at radius 3 is 2.87 bits per heavy atom. The van der Waals surface area contributed by atoms with Gasteiger partial charge in [0, 0.05) is 18.1 Å². The summed E-state index contributed by atoms with van der Waals surface area (Å²) >= 11 is 0. The second-order valence-corrected chi connectivity index (χ2v) is 8.14. The lowest BCUT2D eigenvalue weighted by Gasteiger charge is -2.24. The molecule has 0 radical (unpaired) electrons. The third kappa shape index (κ3) is 6.09. The van der Waals surface area contributed by atoms with E-state index in [2.05, 4.69) is 30.1 Å². The summed E-state index contributed by atoms with van der Waals surface area (Å²) in [6.07, 6.45) is 11.0. The van der Waals surface area contributed by atoms with Gasteiger partial charge in [-0.3, -0.25) is 9.79 Å². The first-order valence-electron chi connectivity index (χ1n) is 10.6. The van der Waals surface area contributed by atoms with Crippen LogP contribution in [0, 0.1) is 18.8 Å². The van der Waals surface area contributed by atoms with Crippen LogP contribution in [0.1, 0.15) is 44.2 Å². The smallest absolute Gasteiger partial charge is 0.303 e. The van der Waals surface area contributed by atoms with Crippen molar-refractivity contribution in [1.29, 1.82) is 0 Å². The quantitative estimate of drug-likeness (QED) is 0.573. The molecule has 30 heavy (non-hydrogen) atoms. The van der Waals surface area contributed by atoms with Gasteiger partial charge in [0.2, 0.25) is 0 Å². The number of carboxylic acids is 1. The van der Waals surface area contributed by atoms with E-state index in [1.807, 2.05) is 38.1 Å². The highest BCUT2D eigenvalue weighted by Gasteiger charge is 2.21. The molecule has 1 heterocycles. The van der Waals surface area contributed by atoms with Crippen LogP contribution in [0.2, 0.25) is 0 Å². The van der Waals surface area contributed by atoms with Crippen molar-refractivity contribution in [3.8, 4) is 5.75 Å². The monoisotopic (exact) mass is 409 g/mol. The van der Waals surface area contributed by atoms with Gasteiger partial charge in [0.25, 0.3) is 0 Å². The number of dihydropyridines is 1. The fourth-order valence-corrected chi connectivity index (χ4v) is 3.59. The van der Waals surface area contributed by atoms with Crippen LogP contribution < -0.4 is 4.74 Å². The summed E-state index contributed by atoms with van der Waals surface area (Å²) in [5, 5.41) is 8.83. The van der Waals surface area contributed by atoms with Crippen molar-refractivity contribution in [2.24, 2.45) is 16.8 Å². The first kappa shape index (κ1) is 21.9. The second kappa shape index (κ2) is 10.3. The zero-order chi connectivity index (χ0) is 21.5. The van der Waals surface area contributed by atoms with E-state index in [4.69, 9.17) is 14.6 Å². The molecule has 1 aromatic carbocycles. The SMILES string of the molecule is CC1=NC2=C(OC[C@H](C)CCOc3ccc(CCC(=O)O)c(C)c3)C=CCC2C=C1. The van der Waals surface area contributed by atoms with Crippen LogP contribution in [0.5, 0.6) is 5.75 Å². The normalized spacial score (nSPS) is 18.6. The molecule has 0 fully saturated rings. The van der Waals surface area contributed by atoms with Crippen LogP contribution in [0.15, 0.2) is 59.0 Å². The highest BCUT2D eigenvalue weighted by atomic mass is 16.5. The van der Waals surface area contributed by atoms with Crippen LogP contribution >= 0.6 is 0 Å². The largest absolute Gasteiger partial charge is 0.494 e. The lowest BCUT2D eigenvalue weighted by atomic mass is 9.93. The molecule has 5 heteroatoms. The van der Waals surface area contributed by atoms with Crippen LogP contribution in [-0.4, -0.2) is 30.0 Å². The second-order valence-electron chi connectivity index (χ2n) is 8.14. The van der Waals surface area contributed by atoms with Gasteiger partial charge < -0.3 is 14.6 Å². The molecular formula is C25H31NO4. The molecule has 0 saturated carbocycles. The topological polar surface area (TPSA) is 68.1 Å². The number of rotatable bonds is 10. The summed E-state index contributed by atoms with van der Waals surface area (Å²) in [5.74, 6) is 1.61. The summed E-state index contributed by atoms with van der Waals surface area (Å²) in [4.78, 5) is 15.4. The van der Waals surface area contributed by atoms with Gasteiger partial charge in [-0.05, 0) is 74.4 Å². The maximum absolute atomic E-state index is 10.7. The molecule has 1 unspecified atom stereocenters. The Morgan fingerprint density at radius 1 is 1.27 bits per heavy atom. The molecule has 2 aliphatic rings. The molecular weight excluding hydrogens is 378 g/mol. The average molecular weight is 410 g/mol. The van der Waals surface area contributed by atoms with Crippen LogP contribution in [0.3, 0.4) is 0 Å². The Morgan fingerprint density at radius 2 is 2.10 bits per heavy atom. The van der Waals surface area contributed by atoms with E-state index in [-0.39, 0.29) is 6.42 Å². The van der Waals surface area contributed by atoms with Gasteiger partial charge in [0.15, 0.2) is 0 Å². The number of hydrogen-bond acceptors (Lipinski definition) is 4. The lowest BCUT2D eigenvalue weighted by molar-refractivity contribution is -0.136. The predicted octanol–water partition coefficient (Wildman–Crippen LogP) is 5.25. The lowest BCUT2D eigenvalue weighted by Crippen LogP contribution is -2.15. The Hall–Kier alpha value is -2.82. The zero-order valence-corrected chi connectivity index (χ0v) is 18.1. The highest BCUT2D eigenvalue weighted by molar-refractivity contribution is 5.94. The standard InChI is InChI=1S/C25H31NO4/c1-17(16-30-23-6-4-5-21-8-7-19(3)26-25(21)23)13-14-29-22-11-9-20(18(2)15-22)10-12-24(27)28/h4,6-9,11,15,17,21H,5,10,12-14,16H2,1-3H3,(H,27,28)/t17-,21?/m1/s1. The van der Waals surface area contributed by atoms with Gasteiger partial charge in [0.1, 0.15) is 11.5 Å². The van der Waals surface area contributed by atoms with Crippen LogP contribution in [0.25, 0.3) is 0 Å². The maximum Gasteiger partial charge on any atom is 0.303 e. The van der Waals surface area contributed by atoms with Crippen molar-refractivity contribution in [3.05, 3.63) is 65.1 Å². The number of fused-ring (bicyclic) bond motifs is 1. The summed E-state index contributed by atoms with van der Waals surface area (Å²) in [6, 6.07) is 5.86. The third-order valence-corrected chi connectivity index (χ3v) is 5.45. The minimum Gasteiger partial charge on any atom is -0.494 e. The average Bonchev–Trinajstić information content (AvgIpc) is 2.71. The maximum atomic E-state index is 10.7. The van der Waals surface area contributed by atoms with Crippen molar-refractivity contribution in [3.63, 3.8) is 0 Å². The van der Waals surface area contributed by atoms with Gasteiger partial charge in [0.05, 0.1) is 18.9 Å². The summed E-state index contributed by atoms with van der Waals surface area (Å²) < 4.78 is 12.0. The van der Waals surface area contributed by atoms with E-state index in [9.17, 15) is 4.79 Å². The summed E-state index contributed by atoms with van der Waals surface area (Å²) in [5.41, 5.74) is 4.17. The Balaban J connectivity index is 1.45. The number of hydrogen-bond donors (Lipinski definition) is 1. The number of ether oxygens (including phenoxy) is 2. The molecule has 0 saturated heterocycles. The zero-order valence-electron chi connectivity index (χ0n) is 18.1. The van der Waals surface area contributed by atoms with Crippen molar-refractivity contribution in [1.82, 2.24) is 0 Å². The molecule has 0 amide bonds. The van der Waals surface area contributed by atoms with E-state index in [1.54, 1.807) is 0 Å². The number of carboxylic acid groups (broad SMARTS) is 1. The molecule has 1 N–H and O–H groups in total. The number of carbonyl (C=O) groups is 1. The molecule has 5 nitrogen and oxygen atoms in total. The van der Waals surface area contributed by atoms with E-state index in [1.165, 1.54) is 0 Å². The minimum absolute atomic E-state index is 0.147. The molecule has 2 atom stereocenters. The first-order chi connectivity index (χ1) is 14.4. The molecule has 0 bridgehead atoms. The predicted molar refractivity (Wildman–Crippen MR) is 119 cm³/mol. The van der Waals surface area contributed by atoms with Crippen molar-refractivity contribution in [2.75, 3.05) is 13.2 Å². The molecule has 160 valence electrons. The van der Waals surface area contributed by atoms with Gasteiger partial charge in [-0.15, -0.1) is 0 Å². The summed E-state index contributed by atoms with van der Waals surface area (Å²) in [6.45, 7) is 7.41. The minimum atomic E-state index is -0.774. The Labute approximate surface area is 178 Å². The number of aliphatic carboxylic acids is 1. The van der Waals surface area contributed by atoms with E-state index in [0.29, 0.717) is 31.5 Å². The van der Waals surface area contributed by atoms with Gasteiger partial charge in [-0.1, -0.05) is 25.1 Å². The molecule has 0 aromatic heterocycles. The van der Waals surface area contributed by atoms with Gasteiger partial charge in [-0.2, -0.15) is 0 Å². The fourth-order valence-electron chi connectivity index (χ4n) is 3.59. The summed E-state index contributed by atoms with van der Waals surface area (Å²) in [7, 11) is 0. The number of nitrogens with zero attached hydrogens (tertiary/aromatic N) is 1. The van der Waals surface area contributed by atoms with Gasteiger partial charge in [-0.25, -0.2) is 0 Å². The van der Waals surface area contributed by atoms with Crippen molar-refractivity contribution >= 4 is 11.7 Å². The van der Waals surface area contributed by atoms with E-state index >= 15 is 0 Å². The van der Waals surface area contributed by atoms with Crippen molar-refractivity contribution in [2.45, 2.75) is 46.5 Å². The number of aliphatic imine (C=N–C) groups is 1. The van der Waals surface area contributed by atoms with E-state index < -0.39 is 5.97 Å². The number of aryl methyl sites for hydroxylation is 2. The highest BCUT2D eigenvalue weighted by Crippen LogP contribution is 2.31. The molecule has 1 aliphatic heterocycles. The van der Waals surface area contributed by atoms with Crippen LogP contribution in [0.4, 0.5) is 0 Å². The molecule has 3 rings (SSSR count).